The zero-order chi connectivity index (χ0) is 25.7. The van der Waals surface area contributed by atoms with Gasteiger partial charge >= 0.3 is 6.09 Å². The van der Waals surface area contributed by atoms with Crippen molar-refractivity contribution in [3.63, 3.8) is 0 Å². The minimum absolute atomic E-state index is 0.00424. The number of carbonyl (C=O) groups is 2. The molecule has 0 fully saturated rings. The van der Waals surface area contributed by atoms with Gasteiger partial charge in [0.15, 0.2) is 0 Å². The van der Waals surface area contributed by atoms with Crippen LogP contribution in [0.2, 0.25) is 5.02 Å². The van der Waals surface area contributed by atoms with Crippen LogP contribution in [0.4, 0.5) is 14.9 Å². The molecule has 0 aliphatic rings. The average molecular weight is 508 g/mol. The lowest BCUT2D eigenvalue weighted by Crippen LogP contribution is -2.28. The van der Waals surface area contributed by atoms with E-state index >= 15 is 0 Å². The van der Waals surface area contributed by atoms with Crippen molar-refractivity contribution in [1.82, 2.24) is 10.3 Å². The number of amides is 2. The van der Waals surface area contributed by atoms with Gasteiger partial charge in [-0.15, -0.1) is 0 Å². The number of H-pyrrole nitrogens is 1. The van der Waals surface area contributed by atoms with E-state index in [4.69, 9.17) is 16.3 Å². The molecular weight excluding hydrogens is 485 g/mol. The summed E-state index contributed by atoms with van der Waals surface area (Å²) in [6.07, 6.45) is 1.31. The number of anilines is 1. The van der Waals surface area contributed by atoms with Crippen LogP contribution in [0, 0.1) is 5.82 Å². The van der Waals surface area contributed by atoms with E-state index in [-0.39, 0.29) is 23.0 Å². The molecule has 3 aromatic carbocycles. The summed E-state index contributed by atoms with van der Waals surface area (Å²) in [5.74, 6) is -1.23. The number of carbonyl (C=O) groups excluding carboxylic acids is 2. The van der Waals surface area contributed by atoms with Crippen molar-refractivity contribution >= 4 is 40.2 Å². The largest absolute Gasteiger partial charge is 0.449 e. The first-order chi connectivity index (χ1) is 17.4. The maximum Gasteiger partial charge on any atom is 0.411 e. The number of fused-ring (bicyclic) bond motifs is 1. The number of nitrogens with one attached hydrogen (secondary N) is 3. The van der Waals surface area contributed by atoms with Crippen molar-refractivity contribution in [3.05, 3.63) is 99.1 Å². The summed E-state index contributed by atoms with van der Waals surface area (Å²) >= 11 is 5.88. The highest BCUT2D eigenvalue weighted by molar-refractivity contribution is 6.30. The zero-order valence-electron chi connectivity index (χ0n) is 19.4. The van der Waals surface area contributed by atoms with Gasteiger partial charge in [0, 0.05) is 28.8 Å². The molecule has 184 valence electrons. The first-order valence-electron chi connectivity index (χ1n) is 11.3. The third-order valence-corrected chi connectivity index (χ3v) is 5.68. The number of pyridine rings is 1. The molecule has 36 heavy (non-hydrogen) atoms. The summed E-state index contributed by atoms with van der Waals surface area (Å²) in [4.78, 5) is 40.4. The predicted octanol–water partition coefficient (Wildman–Crippen LogP) is 5.88. The number of ether oxygens (including phenoxy) is 1. The fraction of sp³-hybridized carbons (Fsp3) is 0.148. The van der Waals surface area contributed by atoms with Crippen molar-refractivity contribution in [2.45, 2.75) is 19.9 Å². The van der Waals surface area contributed by atoms with Gasteiger partial charge in [0.05, 0.1) is 12.1 Å². The van der Waals surface area contributed by atoms with Crippen molar-refractivity contribution < 1.29 is 18.7 Å². The Morgan fingerprint density at radius 3 is 2.58 bits per heavy atom. The van der Waals surface area contributed by atoms with Crippen molar-refractivity contribution in [3.8, 4) is 11.1 Å². The highest BCUT2D eigenvalue weighted by atomic mass is 35.5. The van der Waals surface area contributed by atoms with Gasteiger partial charge in [-0.05, 0) is 59.5 Å². The normalized spacial score (nSPS) is 10.8. The van der Waals surface area contributed by atoms with Crippen LogP contribution in [0.15, 0.2) is 71.7 Å². The molecule has 4 rings (SSSR count). The van der Waals surface area contributed by atoms with Crippen LogP contribution in [-0.2, 0) is 11.3 Å². The minimum Gasteiger partial charge on any atom is -0.449 e. The number of halogens is 2. The molecule has 7 nitrogen and oxygen atoms in total. The Morgan fingerprint density at radius 1 is 1.06 bits per heavy atom. The number of hydrogen-bond acceptors (Lipinski definition) is 4. The second kappa shape index (κ2) is 11.0. The second-order valence-electron chi connectivity index (χ2n) is 8.06. The molecule has 0 unspecified atom stereocenters. The lowest BCUT2D eigenvalue weighted by Gasteiger charge is -2.10. The predicted molar refractivity (Wildman–Crippen MR) is 138 cm³/mol. The summed E-state index contributed by atoms with van der Waals surface area (Å²) in [5.41, 5.74) is 1.51. The van der Waals surface area contributed by atoms with Crippen LogP contribution in [0.1, 0.15) is 29.3 Å². The fourth-order valence-corrected chi connectivity index (χ4v) is 3.75. The summed E-state index contributed by atoms with van der Waals surface area (Å²) < 4.78 is 19.9. The van der Waals surface area contributed by atoms with E-state index in [9.17, 15) is 18.8 Å². The Bertz CT molecular complexity index is 1490. The first kappa shape index (κ1) is 24.9. The van der Waals surface area contributed by atoms with Gasteiger partial charge < -0.3 is 15.0 Å². The lowest BCUT2D eigenvalue weighted by molar-refractivity contribution is 0.0949. The van der Waals surface area contributed by atoms with E-state index < -0.39 is 23.2 Å². The Kier molecular flexibility index (Phi) is 7.65. The van der Waals surface area contributed by atoms with Gasteiger partial charge in [-0.1, -0.05) is 42.8 Å². The Balaban J connectivity index is 1.61. The molecule has 0 spiro atoms. The SMILES string of the molecule is CCCOC(=O)Nc1cccc(-c2cc(F)c3[nH]cc(C(=O)NCc4ccc(Cl)cc4)c(=O)c3c2)c1. The molecule has 4 aromatic rings. The summed E-state index contributed by atoms with van der Waals surface area (Å²) in [6, 6.07) is 16.5. The molecule has 9 heteroatoms. The van der Waals surface area contributed by atoms with E-state index in [2.05, 4.69) is 15.6 Å². The standard InChI is InChI=1S/C27H23ClFN3O4/c1-2-10-36-27(35)32-20-5-3-4-17(11-20)18-12-21-24(23(29)13-18)30-15-22(25(21)33)26(34)31-14-16-6-8-19(28)9-7-16/h3-9,11-13,15H,2,10,14H2,1H3,(H,30,33)(H,31,34)(H,32,35). The molecule has 0 radical (unpaired) electrons. The molecule has 0 atom stereocenters. The molecule has 1 heterocycles. The van der Waals surface area contributed by atoms with E-state index in [0.29, 0.717) is 34.9 Å². The molecule has 1 aromatic heterocycles. The molecular formula is C27H23ClFN3O4. The summed E-state index contributed by atoms with van der Waals surface area (Å²) in [5, 5.41) is 5.92. The van der Waals surface area contributed by atoms with Gasteiger partial charge in [-0.3, -0.25) is 14.9 Å². The number of benzene rings is 3. The fourth-order valence-electron chi connectivity index (χ4n) is 3.63. The average Bonchev–Trinajstić information content (AvgIpc) is 2.87. The molecule has 0 bridgehead atoms. The third kappa shape index (κ3) is 5.72. The third-order valence-electron chi connectivity index (χ3n) is 5.43. The van der Waals surface area contributed by atoms with Crippen molar-refractivity contribution in [2.24, 2.45) is 0 Å². The summed E-state index contributed by atoms with van der Waals surface area (Å²) in [6.45, 7) is 2.38. The van der Waals surface area contributed by atoms with Crippen molar-refractivity contribution in [2.75, 3.05) is 11.9 Å². The van der Waals surface area contributed by atoms with E-state index in [1.54, 1.807) is 48.5 Å². The first-order valence-corrected chi connectivity index (χ1v) is 11.7. The quantitative estimate of drug-likeness (QED) is 0.291. The minimum atomic E-state index is -0.645. The van der Waals surface area contributed by atoms with Gasteiger partial charge in [0.2, 0.25) is 5.43 Å². The molecule has 0 saturated heterocycles. The topological polar surface area (TPSA) is 100 Å². The van der Waals surface area contributed by atoms with Gasteiger partial charge in [-0.2, -0.15) is 0 Å². The number of rotatable bonds is 7. The van der Waals surface area contributed by atoms with Crippen LogP contribution in [0.5, 0.6) is 0 Å². The van der Waals surface area contributed by atoms with Crippen LogP contribution in [-0.4, -0.2) is 23.6 Å². The van der Waals surface area contributed by atoms with Crippen LogP contribution in [0.3, 0.4) is 0 Å². The molecule has 0 saturated carbocycles. The van der Waals surface area contributed by atoms with Gasteiger partial charge in [-0.25, -0.2) is 9.18 Å². The van der Waals surface area contributed by atoms with E-state index in [1.165, 1.54) is 18.3 Å². The van der Waals surface area contributed by atoms with Crippen LogP contribution >= 0.6 is 11.6 Å². The Hall–Kier alpha value is -4.17. The Morgan fingerprint density at radius 2 is 1.83 bits per heavy atom. The van der Waals surface area contributed by atoms with Gasteiger partial charge in [0.1, 0.15) is 11.4 Å². The highest BCUT2D eigenvalue weighted by Gasteiger charge is 2.16. The Labute approximate surface area is 211 Å². The second-order valence-corrected chi connectivity index (χ2v) is 8.50. The molecule has 0 aliphatic carbocycles. The van der Waals surface area contributed by atoms with Crippen LogP contribution < -0.4 is 16.1 Å². The molecule has 2 amide bonds. The van der Waals surface area contributed by atoms with Crippen molar-refractivity contribution in [1.29, 1.82) is 0 Å². The molecule has 0 aliphatic heterocycles. The monoisotopic (exact) mass is 507 g/mol. The lowest BCUT2D eigenvalue weighted by atomic mass is 10.0. The number of aromatic amines is 1. The van der Waals surface area contributed by atoms with E-state index in [0.717, 1.165) is 5.56 Å². The van der Waals surface area contributed by atoms with Crippen LogP contribution in [0.25, 0.3) is 22.0 Å². The summed E-state index contributed by atoms with van der Waals surface area (Å²) in [7, 11) is 0. The van der Waals surface area contributed by atoms with Gasteiger partial charge in [0.25, 0.3) is 5.91 Å². The maximum atomic E-state index is 14.9. The highest BCUT2D eigenvalue weighted by Crippen LogP contribution is 2.27. The zero-order valence-corrected chi connectivity index (χ0v) is 20.1. The number of hydrogen-bond donors (Lipinski definition) is 3. The van der Waals surface area contributed by atoms with E-state index in [1.807, 2.05) is 6.92 Å². The maximum absolute atomic E-state index is 14.9. The smallest absolute Gasteiger partial charge is 0.411 e. The molecule has 3 N–H and O–H groups in total. The number of aromatic nitrogens is 1.